The van der Waals surface area contributed by atoms with Gasteiger partial charge in [-0.05, 0) is 25.0 Å². The van der Waals surface area contributed by atoms with Crippen LogP contribution in [-0.4, -0.2) is 44.4 Å². The van der Waals surface area contributed by atoms with Gasteiger partial charge in [0.05, 0.1) is 0 Å². The van der Waals surface area contributed by atoms with Crippen LogP contribution in [0.5, 0.6) is 0 Å². The SMILES string of the molecule is O=C(CCC(=O)N1CCCCCC1)Nc1nnc2ccccn12. The molecule has 0 bridgehead atoms. The van der Waals surface area contributed by atoms with Crippen LogP contribution < -0.4 is 5.32 Å². The van der Waals surface area contributed by atoms with Gasteiger partial charge in [0.2, 0.25) is 17.8 Å². The van der Waals surface area contributed by atoms with Crippen molar-refractivity contribution in [2.75, 3.05) is 18.4 Å². The summed E-state index contributed by atoms with van der Waals surface area (Å²) in [6, 6.07) is 5.51. The van der Waals surface area contributed by atoms with Crippen LogP contribution in [0.25, 0.3) is 5.65 Å². The highest BCUT2D eigenvalue weighted by molar-refractivity contribution is 5.92. The molecule has 7 heteroatoms. The number of aromatic nitrogens is 3. The van der Waals surface area contributed by atoms with E-state index in [9.17, 15) is 9.59 Å². The molecule has 1 N–H and O–H groups in total. The van der Waals surface area contributed by atoms with E-state index in [-0.39, 0.29) is 24.7 Å². The maximum atomic E-state index is 12.2. The highest BCUT2D eigenvalue weighted by Gasteiger charge is 2.17. The lowest BCUT2D eigenvalue weighted by molar-refractivity contribution is -0.132. The van der Waals surface area contributed by atoms with E-state index < -0.39 is 0 Å². The van der Waals surface area contributed by atoms with E-state index in [2.05, 4.69) is 15.5 Å². The van der Waals surface area contributed by atoms with E-state index in [1.54, 1.807) is 10.6 Å². The molecule has 0 saturated carbocycles. The fraction of sp³-hybridized carbons (Fsp3) is 0.500. The molecular weight excluding hydrogens is 294 g/mol. The number of nitrogens with one attached hydrogen (secondary N) is 1. The minimum atomic E-state index is -0.216. The Hall–Kier alpha value is -2.44. The molecule has 0 aliphatic carbocycles. The number of hydrogen-bond donors (Lipinski definition) is 1. The van der Waals surface area contributed by atoms with E-state index in [1.165, 1.54) is 12.8 Å². The van der Waals surface area contributed by atoms with Gasteiger partial charge in [-0.3, -0.25) is 19.3 Å². The molecule has 1 aliphatic heterocycles. The molecule has 1 aliphatic rings. The van der Waals surface area contributed by atoms with Crippen molar-refractivity contribution in [3.63, 3.8) is 0 Å². The summed E-state index contributed by atoms with van der Waals surface area (Å²) in [4.78, 5) is 26.1. The molecule has 2 aromatic rings. The lowest BCUT2D eigenvalue weighted by atomic mass is 10.2. The first-order chi connectivity index (χ1) is 11.2. The van der Waals surface area contributed by atoms with Crippen LogP contribution in [0.4, 0.5) is 5.95 Å². The van der Waals surface area contributed by atoms with Crippen LogP contribution in [0.3, 0.4) is 0 Å². The van der Waals surface area contributed by atoms with Gasteiger partial charge in [-0.15, -0.1) is 10.2 Å². The van der Waals surface area contributed by atoms with Crippen molar-refractivity contribution in [1.82, 2.24) is 19.5 Å². The Morgan fingerprint density at radius 2 is 1.83 bits per heavy atom. The van der Waals surface area contributed by atoms with Crippen molar-refractivity contribution in [3.8, 4) is 0 Å². The molecule has 0 radical (unpaired) electrons. The van der Waals surface area contributed by atoms with Gasteiger partial charge >= 0.3 is 0 Å². The zero-order chi connectivity index (χ0) is 16.1. The smallest absolute Gasteiger partial charge is 0.235 e. The number of rotatable bonds is 4. The summed E-state index contributed by atoms with van der Waals surface area (Å²) in [6.07, 6.45) is 6.68. The molecule has 1 saturated heterocycles. The van der Waals surface area contributed by atoms with E-state index in [0.717, 1.165) is 25.9 Å². The first kappa shape index (κ1) is 15.5. The molecule has 0 aromatic carbocycles. The highest BCUT2D eigenvalue weighted by Crippen LogP contribution is 2.12. The monoisotopic (exact) mass is 315 g/mol. The van der Waals surface area contributed by atoms with Gasteiger partial charge in [0.25, 0.3) is 0 Å². The Morgan fingerprint density at radius 3 is 2.61 bits per heavy atom. The number of amides is 2. The summed E-state index contributed by atoms with van der Waals surface area (Å²) in [5.41, 5.74) is 0.670. The quantitative estimate of drug-likeness (QED) is 0.934. The van der Waals surface area contributed by atoms with Gasteiger partial charge in [-0.25, -0.2) is 0 Å². The predicted octanol–water partition coefficient (Wildman–Crippen LogP) is 1.85. The Kier molecular flexibility index (Phi) is 4.85. The van der Waals surface area contributed by atoms with Crippen molar-refractivity contribution in [1.29, 1.82) is 0 Å². The lowest BCUT2D eigenvalue weighted by Gasteiger charge is -2.19. The predicted molar refractivity (Wildman–Crippen MR) is 85.9 cm³/mol. The summed E-state index contributed by atoms with van der Waals surface area (Å²) in [6.45, 7) is 1.63. The Labute approximate surface area is 134 Å². The van der Waals surface area contributed by atoms with Crippen molar-refractivity contribution in [2.24, 2.45) is 0 Å². The molecule has 0 atom stereocenters. The number of fused-ring (bicyclic) bond motifs is 1. The number of carbonyl (C=O) groups is 2. The first-order valence-corrected chi connectivity index (χ1v) is 8.11. The summed E-state index contributed by atoms with van der Waals surface area (Å²) in [5, 5.41) is 10.6. The summed E-state index contributed by atoms with van der Waals surface area (Å²) >= 11 is 0. The minimum absolute atomic E-state index is 0.0631. The van der Waals surface area contributed by atoms with Gasteiger partial charge in [0.1, 0.15) is 0 Å². The maximum Gasteiger partial charge on any atom is 0.235 e. The van der Waals surface area contributed by atoms with Crippen LogP contribution in [0, 0.1) is 0 Å². The normalized spacial score (nSPS) is 15.4. The van der Waals surface area contributed by atoms with Crippen LogP contribution in [0.15, 0.2) is 24.4 Å². The molecule has 7 nitrogen and oxygen atoms in total. The van der Waals surface area contributed by atoms with E-state index in [0.29, 0.717) is 11.6 Å². The molecule has 1 fully saturated rings. The summed E-state index contributed by atoms with van der Waals surface area (Å²) < 4.78 is 1.70. The van der Waals surface area contributed by atoms with Crippen molar-refractivity contribution >= 4 is 23.4 Å². The maximum absolute atomic E-state index is 12.2. The molecule has 2 aromatic heterocycles. The molecule has 2 amide bonds. The molecule has 122 valence electrons. The van der Waals surface area contributed by atoms with E-state index in [1.807, 2.05) is 23.1 Å². The second-order valence-electron chi connectivity index (χ2n) is 5.80. The third-order valence-corrected chi connectivity index (χ3v) is 4.09. The number of likely N-dealkylation sites (tertiary alicyclic amines) is 1. The Bertz CT molecular complexity index is 689. The highest BCUT2D eigenvalue weighted by atomic mass is 16.2. The summed E-state index contributed by atoms with van der Waals surface area (Å²) in [7, 11) is 0. The minimum Gasteiger partial charge on any atom is -0.343 e. The molecule has 3 rings (SSSR count). The van der Waals surface area contributed by atoms with Crippen LogP contribution in [-0.2, 0) is 9.59 Å². The average Bonchev–Trinajstić information content (AvgIpc) is 2.79. The lowest BCUT2D eigenvalue weighted by Crippen LogP contribution is -2.32. The van der Waals surface area contributed by atoms with Crippen LogP contribution in [0.2, 0.25) is 0 Å². The van der Waals surface area contributed by atoms with Gasteiger partial charge in [0, 0.05) is 32.1 Å². The molecule has 23 heavy (non-hydrogen) atoms. The first-order valence-electron chi connectivity index (χ1n) is 8.11. The van der Waals surface area contributed by atoms with Crippen molar-refractivity contribution in [3.05, 3.63) is 24.4 Å². The van der Waals surface area contributed by atoms with Crippen LogP contribution in [0.1, 0.15) is 38.5 Å². The number of anilines is 1. The molecule has 0 spiro atoms. The second kappa shape index (κ2) is 7.21. The largest absolute Gasteiger partial charge is 0.343 e. The van der Waals surface area contributed by atoms with Gasteiger partial charge in [0.15, 0.2) is 5.65 Å². The number of pyridine rings is 1. The fourth-order valence-electron chi connectivity index (χ4n) is 2.81. The van der Waals surface area contributed by atoms with Gasteiger partial charge in [-0.1, -0.05) is 18.9 Å². The van der Waals surface area contributed by atoms with Crippen molar-refractivity contribution in [2.45, 2.75) is 38.5 Å². The van der Waals surface area contributed by atoms with Crippen molar-refractivity contribution < 1.29 is 9.59 Å². The number of nitrogens with zero attached hydrogens (tertiary/aromatic N) is 4. The third-order valence-electron chi connectivity index (χ3n) is 4.09. The van der Waals surface area contributed by atoms with Gasteiger partial charge < -0.3 is 4.90 Å². The standard InChI is InChI=1S/C16H21N5O2/c22-14(8-9-15(23)20-10-4-1-2-5-11-20)17-16-19-18-13-7-3-6-12-21(13)16/h3,6-7,12H,1-2,4-5,8-11H2,(H,17,19,22). The van der Waals surface area contributed by atoms with Crippen LogP contribution >= 0.6 is 0 Å². The number of carbonyl (C=O) groups excluding carboxylic acids is 2. The third kappa shape index (κ3) is 3.85. The number of hydrogen-bond acceptors (Lipinski definition) is 4. The fourth-order valence-corrected chi connectivity index (χ4v) is 2.81. The molecule has 3 heterocycles. The van der Waals surface area contributed by atoms with E-state index in [4.69, 9.17) is 0 Å². The van der Waals surface area contributed by atoms with Gasteiger partial charge in [-0.2, -0.15) is 0 Å². The zero-order valence-corrected chi connectivity index (χ0v) is 13.1. The van der Waals surface area contributed by atoms with E-state index >= 15 is 0 Å². The molecular formula is C16H21N5O2. The summed E-state index contributed by atoms with van der Waals surface area (Å²) in [5.74, 6) is 0.229. The Morgan fingerprint density at radius 1 is 1.04 bits per heavy atom. The second-order valence-corrected chi connectivity index (χ2v) is 5.80. The Balaban J connectivity index is 1.52. The average molecular weight is 315 g/mol. The zero-order valence-electron chi connectivity index (χ0n) is 13.1. The molecule has 0 unspecified atom stereocenters. The topological polar surface area (TPSA) is 79.6 Å².